The van der Waals surface area contributed by atoms with Gasteiger partial charge >= 0.3 is 0 Å². The zero-order chi connectivity index (χ0) is 17.0. The van der Waals surface area contributed by atoms with Gasteiger partial charge in [-0.3, -0.25) is 14.9 Å². The summed E-state index contributed by atoms with van der Waals surface area (Å²) in [6, 6.07) is 0. The summed E-state index contributed by atoms with van der Waals surface area (Å²) in [4.78, 5) is 28.4. The van der Waals surface area contributed by atoms with Gasteiger partial charge in [0.1, 0.15) is 5.76 Å². The van der Waals surface area contributed by atoms with E-state index in [-0.39, 0.29) is 29.6 Å². The van der Waals surface area contributed by atoms with Crippen LogP contribution in [0, 0.1) is 12.8 Å². The Bertz CT molecular complexity index is 566. The Hall–Kier alpha value is -1.69. The van der Waals surface area contributed by atoms with Crippen molar-refractivity contribution in [3.05, 3.63) is 17.3 Å². The average molecular weight is 321 g/mol. The molecule has 0 saturated carbocycles. The summed E-state index contributed by atoms with van der Waals surface area (Å²) < 4.78 is 5.77. The Balaban J connectivity index is 1.84. The number of carbonyl (C=O) groups is 2. The van der Waals surface area contributed by atoms with Gasteiger partial charge in [-0.2, -0.15) is 0 Å². The molecule has 1 aliphatic heterocycles. The lowest BCUT2D eigenvalue weighted by Crippen LogP contribution is -2.40. The minimum absolute atomic E-state index is 0.0558. The van der Waals surface area contributed by atoms with Crippen LogP contribution < -0.4 is 10.6 Å². The third-order valence-corrected chi connectivity index (χ3v) is 4.09. The van der Waals surface area contributed by atoms with Crippen LogP contribution in [0.25, 0.3) is 0 Å². The van der Waals surface area contributed by atoms with Crippen LogP contribution in [0.4, 0.5) is 0 Å². The average Bonchev–Trinajstić information content (AvgIpc) is 2.87. The molecule has 0 radical (unpaired) electrons. The molecular weight excluding hydrogens is 294 g/mol. The molecule has 23 heavy (non-hydrogen) atoms. The molecule has 1 aliphatic rings. The van der Waals surface area contributed by atoms with Gasteiger partial charge in [0, 0.05) is 24.2 Å². The number of imide groups is 1. The lowest BCUT2D eigenvalue weighted by Gasteiger charge is -2.21. The van der Waals surface area contributed by atoms with E-state index in [2.05, 4.69) is 15.6 Å². The van der Waals surface area contributed by atoms with Gasteiger partial charge in [-0.1, -0.05) is 20.8 Å². The summed E-state index contributed by atoms with van der Waals surface area (Å²) in [6.45, 7) is 9.65. The number of oxazole rings is 1. The second kappa shape index (κ2) is 7.25. The Labute approximate surface area is 137 Å². The molecule has 0 aliphatic carbocycles. The number of hydrogen-bond donors (Lipinski definition) is 2. The minimum Gasteiger partial charge on any atom is -0.445 e. The minimum atomic E-state index is -0.248. The van der Waals surface area contributed by atoms with Gasteiger partial charge in [0.2, 0.25) is 11.8 Å². The molecule has 2 heterocycles. The fourth-order valence-electron chi connectivity index (χ4n) is 2.59. The second-order valence-corrected chi connectivity index (χ2v) is 7.21. The third-order valence-electron chi connectivity index (χ3n) is 4.09. The molecule has 0 aromatic carbocycles. The van der Waals surface area contributed by atoms with E-state index >= 15 is 0 Å². The van der Waals surface area contributed by atoms with E-state index < -0.39 is 0 Å². The third kappa shape index (κ3) is 4.89. The van der Waals surface area contributed by atoms with Crippen molar-refractivity contribution in [2.45, 2.75) is 58.8 Å². The van der Waals surface area contributed by atoms with Crippen molar-refractivity contribution in [3.63, 3.8) is 0 Å². The number of aryl methyl sites for hydroxylation is 2. The first-order valence-corrected chi connectivity index (χ1v) is 8.28. The Kier molecular flexibility index (Phi) is 5.57. The summed E-state index contributed by atoms with van der Waals surface area (Å²) in [5.41, 5.74) is 0.656. The molecule has 2 N–H and O–H groups in total. The van der Waals surface area contributed by atoms with Crippen molar-refractivity contribution in [3.8, 4) is 0 Å². The van der Waals surface area contributed by atoms with Crippen LogP contribution in [0.15, 0.2) is 4.42 Å². The zero-order valence-corrected chi connectivity index (χ0v) is 14.5. The number of amides is 2. The number of aromatic nitrogens is 1. The Morgan fingerprint density at radius 1 is 1.30 bits per heavy atom. The maximum atomic E-state index is 12.0. The number of carbonyl (C=O) groups excluding carboxylic acids is 2. The number of piperidine rings is 1. The monoisotopic (exact) mass is 321 g/mol. The highest BCUT2D eigenvalue weighted by molar-refractivity contribution is 5.96. The van der Waals surface area contributed by atoms with Gasteiger partial charge in [-0.05, 0) is 32.9 Å². The van der Waals surface area contributed by atoms with Crippen molar-refractivity contribution in [1.82, 2.24) is 15.6 Å². The van der Waals surface area contributed by atoms with Crippen LogP contribution in [0.5, 0.6) is 0 Å². The van der Waals surface area contributed by atoms with Crippen LogP contribution in [-0.2, 0) is 21.4 Å². The van der Waals surface area contributed by atoms with Crippen molar-refractivity contribution >= 4 is 11.8 Å². The molecule has 2 rings (SSSR count). The summed E-state index contributed by atoms with van der Waals surface area (Å²) in [5.74, 6) is 0.943. The first-order valence-electron chi connectivity index (χ1n) is 8.28. The van der Waals surface area contributed by atoms with E-state index in [4.69, 9.17) is 4.42 Å². The SMILES string of the molecule is Cc1nc(C(C)(C)C)oc1CCC(=O)NC(=O)C1CCNCC1. The lowest BCUT2D eigenvalue weighted by molar-refractivity contribution is -0.133. The van der Waals surface area contributed by atoms with Crippen molar-refractivity contribution in [1.29, 1.82) is 0 Å². The number of hydrogen-bond acceptors (Lipinski definition) is 5. The molecule has 0 unspecified atom stereocenters. The molecule has 1 fully saturated rings. The van der Waals surface area contributed by atoms with Crippen LogP contribution in [0.1, 0.15) is 57.4 Å². The molecule has 1 aromatic heterocycles. The van der Waals surface area contributed by atoms with Crippen molar-refractivity contribution < 1.29 is 14.0 Å². The smallest absolute Gasteiger partial charge is 0.229 e. The first-order chi connectivity index (χ1) is 10.8. The van der Waals surface area contributed by atoms with Crippen LogP contribution in [0.3, 0.4) is 0 Å². The number of nitrogens with one attached hydrogen (secondary N) is 2. The molecule has 2 amide bonds. The van der Waals surface area contributed by atoms with Gasteiger partial charge in [-0.15, -0.1) is 0 Å². The van der Waals surface area contributed by atoms with E-state index in [0.29, 0.717) is 12.3 Å². The van der Waals surface area contributed by atoms with Gasteiger partial charge < -0.3 is 9.73 Å². The molecule has 1 saturated heterocycles. The van der Waals surface area contributed by atoms with Gasteiger partial charge in [0.15, 0.2) is 5.89 Å². The van der Waals surface area contributed by atoms with E-state index in [1.165, 1.54) is 0 Å². The molecule has 6 nitrogen and oxygen atoms in total. The summed E-state index contributed by atoms with van der Waals surface area (Å²) >= 11 is 0. The van der Waals surface area contributed by atoms with E-state index in [9.17, 15) is 9.59 Å². The predicted molar refractivity (Wildman–Crippen MR) is 87.0 cm³/mol. The molecule has 6 heteroatoms. The summed E-state index contributed by atoms with van der Waals surface area (Å²) in [5, 5.41) is 5.71. The Morgan fingerprint density at radius 2 is 1.96 bits per heavy atom. The fourth-order valence-corrected chi connectivity index (χ4v) is 2.59. The van der Waals surface area contributed by atoms with E-state index in [1.807, 2.05) is 27.7 Å². The van der Waals surface area contributed by atoms with Gasteiger partial charge in [-0.25, -0.2) is 4.98 Å². The second-order valence-electron chi connectivity index (χ2n) is 7.21. The molecule has 128 valence electrons. The number of rotatable bonds is 4. The van der Waals surface area contributed by atoms with Gasteiger partial charge in [0.25, 0.3) is 0 Å². The largest absolute Gasteiger partial charge is 0.445 e. The van der Waals surface area contributed by atoms with Crippen LogP contribution in [-0.4, -0.2) is 29.9 Å². The van der Waals surface area contributed by atoms with Crippen LogP contribution >= 0.6 is 0 Å². The standard InChI is InChI=1S/C17H27N3O3/c1-11-13(23-16(19-11)17(2,3)4)5-6-14(21)20-15(22)12-7-9-18-10-8-12/h12,18H,5-10H2,1-4H3,(H,20,21,22). The number of nitrogens with zero attached hydrogens (tertiary/aromatic N) is 1. The lowest BCUT2D eigenvalue weighted by atomic mass is 9.97. The fraction of sp³-hybridized carbons (Fsp3) is 0.706. The highest BCUT2D eigenvalue weighted by Gasteiger charge is 2.24. The molecular formula is C17H27N3O3. The highest BCUT2D eigenvalue weighted by Crippen LogP contribution is 2.24. The van der Waals surface area contributed by atoms with Gasteiger partial charge in [0.05, 0.1) is 5.69 Å². The zero-order valence-electron chi connectivity index (χ0n) is 14.5. The van der Waals surface area contributed by atoms with Crippen molar-refractivity contribution in [2.75, 3.05) is 13.1 Å². The maximum absolute atomic E-state index is 12.0. The molecule has 0 bridgehead atoms. The maximum Gasteiger partial charge on any atom is 0.229 e. The molecule has 1 aromatic rings. The topological polar surface area (TPSA) is 84.2 Å². The predicted octanol–water partition coefficient (Wildman–Crippen LogP) is 1.86. The molecule has 0 atom stereocenters. The normalized spacial score (nSPS) is 16.3. The summed E-state index contributed by atoms with van der Waals surface area (Å²) in [6.07, 6.45) is 2.26. The van der Waals surface area contributed by atoms with Crippen LogP contribution in [0.2, 0.25) is 0 Å². The van der Waals surface area contributed by atoms with Crippen molar-refractivity contribution in [2.24, 2.45) is 5.92 Å². The van der Waals surface area contributed by atoms with E-state index in [1.54, 1.807) is 0 Å². The first kappa shape index (κ1) is 17.7. The quantitative estimate of drug-likeness (QED) is 0.884. The highest BCUT2D eigenvalue weighted by atomic mass is 16.4. The molecule has 0 spiro atoms. The van der Waals surface area contributed by atoms with E-state index in [0.717, 1.165) is 37.4 Å². The summed E-state index contributed by atoms with van der Waals surface area (Å²) in [7, 11) is 0. The Morgan fingerprint density at radius 3 is 2.52 bits per heavy atom.